The SMILES string of the molecule is CCC(N)C(c1cnn(C)c1)N1CCCC1C(C)C. The van der Waals surface area contributed by atoms with Crippen molar-refractivity contribution >= 4 is 0 Å². The molecule has 0 radical (unpaired) electrons. The number of rotatable bonds is 5. The Morgan fingerprint density at radius 2 is 2.21 bits per heavy atom. The Labute approximate surface area is 117 Å². The number of nitrogens with two attached hydrogens (primary N) is 1. The van der Waals surface area contributed by atoms with E-state index >= 15 is 0 Å². The zero-order valence-corrected chi connectivity index (χ0v) is 12.7. The van der Waals surface area contributed by atoms with E-state index in [9.17, 15) is 0 Å². The van der Waals surface area contributed by atoms with Gasteiger partial charge < -0.3 is 5.73 Å². The molecule has 1 saturated heterocycles. The molecule has 0 spiro atoms. The lowest BCUT2D eigenvalue weighted by molar-refractivity contribution is 0.125. The minimum Gasteiger partial charge on any atom is -0.326 e. The molecular weight excluding hydrogens is 236 g/mol. The first-order chi connectivity index (χ1) is 9.04. The van der Waals surface area contributed by atoms with Gasteiger partial charge in [-0.05, 0) is 31.7 Å². The summed E-state index contributed by atoms with van der Waals surface area (Å²) in [6.45, 7) is 7.98. The smallest absolute Gasteiger partial charge is 0.0538 e. The van der Waals surface area contributed by atoms with Gasteiger partial charge in [0.15, 0.2) is 0 Å². The lowest BCUT2D eigenvalue weighted by Crippen LogP contribution is -2.44. The fraction of sp³-hybridized carbons (Fsp3) is 0.800. The van der Waals surface area contributed by atoms with Crippen LogP contribution in [0.3, 0.4) is 0 Å². The average Bonchev–Trinajstić information content (AvgIpc) is 2.99. The number of nitrogens with zero attached hydrogens (tertiary/aromatic N) is 3. The van der Waals surface area contributed by atoms with Crippen molar-refractivity contribution in [2.75, 3.05) is 6.54 Å². The first-order valence-corrected chi connectivity index (χ1v) is 7.54. The third-order valence-electron chi connectivity index (χ3n) is 4.41. The quantitative estimate of drug-likeness (QED) is 0.888. The molecule has 4 heteroatoms. The van der Waals surface area contributed by atoms with Gasteiger partial charge in [-0.1, -0.05) is 20.8 Å². The van der Waals surface area contributed by atoms with Gasteiger partial charge in [0.1, 0.15) is 0 Å². The Hall–Kier alpha value is -0.870. The van der Waals surface area contributed by atoms with Gasteiger partial charge in [-0.2, -0.15) is 5.10 Å². The summed E-state index contributed by atoms with van der Waals surface area (Å²) >= 11 is 0. The molecule has 4 nitrogen and oxygen atoms in total. The van der Waals surface area contributed by atoms with Crippen LogP contribution in [0.25, 0.3) is 0 Å². The molecule has 0 bridgehead atoms. The van der Waals surface area contributed by atoms with Crippen molar-refractivity contribution in [2.45, 2.75) is 58.2 Å². The largest absolute Gasteiger partial charge is 0.326 e. The maximum absolute atomic E-state index is 6.42. The predicted molar refractivity (Wildman–Crippen MR) is 78.8 cm³/mol. The Bertz CT molecular complexity index is 399. The lowest BCUT2D eigenvalue weighted by atomic mass is 9.95. The van der Waals surface area contributed by atoms with Crippen molar-refractivity contribution in [1.82, 2.24) is 14.7 Å². The van der Waals surface area contributed by atoms with Crippen LogP contribution in [0.5, 0.6) is 0 Å². The molecule has 1 aliphatic heterocycles. The van der Waals surface area contributed by atoms with E-state index in [0.717, 1.165) is 13.0 Å². The van der Waals surface area contributed by atoms with Crippen molar-refractivity contribution in [3.8, 4) is 0 Å². The van der Waals surface area contributed by atoms with Crippen molar-refractivity contribution in [1.29, 1.82) is 0 Å². The van der Waals surface area contributed by atoms with Crippen molar-refractivity contribution in [3.05, 3.63) is 18.0 Å². The van der Waals surface area contributed by atoms with Crippen LogP contribution in [-0.2, 0) is 7.05 Å². The Morgan fingerprint density at radius 3 is 2.74 bits per heavy atom. The summed E-state index contributed by atoms with van der Waals surface area (Å²) in [5.41, 5.74) is 7.69. The Kier molecular flexibility index (Phi) is 4.63. The summed E-state index contributed by atoms with van der Waals surface area (Å²) in [6, 6.07) is 1.15. The number of aryl methyl sites for hydroxylation is 1. The Morgan fingerprint density at radius 1 is 1.47 bits per heavy atom. The maximum Gasteiger partial charge on any atom is 0.0538 e. The maximum atomic E-state index is 6.42. The minimum atomic E-state index is 0.184. The molecule has 3 unspecified atom stereocenters. The summed E-state index contributed by atoms with van der Waals surface area (Å²) in [4.78, 5) is 2.62. The average molecular weight is 264 g/mol. The molecule has 0 amide bonds. The molecule has 2 rings (SSSR count). The fourth-order valence-corrected chi connectivity index (χ4v) is 3.38. The van der Waals surface area contributed by atoms with Gasteiger partial charge in [-0.25, -0.2) is 0 Å². The monoisotopic (exact) mass is 264 g/mol. The van der Waals surface area contributed by atoms with Crippen LogP contribution in [0.4, 0.5) is 0 Å². The second-order valence-corrected chi connectivity index (χ2v) is 6.16. The molecular formula is C15H28N4. The van der Waals surface area contributed by atoms with Gasteiger partial charge in [0.2, 0.25) is 0 Å². The minimum absolute atomic E-state index is 0.184. The Balaban J connectivity index is 2.27. The second-order valence-electron chi connectivity index (χ2n) is 6.16. The summed E-state index contributed by atoms with van der Waals surface area (Å²) in [5.74, 6) is 0.686. The molecule has 2 heterocycles. The van der Waals surface area contributed by atoms with Crippen LogP contribution < -0.4 is 5.73 Å². The van der Waals surface area contributed by atoms with Gasteiger partial charge in [-0.15, -0.1) is 0 Å². The lowest BCUT2D eigenvalue weighted by Gasteiger charge is -2.37. The van der Waals surface area contributed by atoms with E-state index in [1.165, 1.54) is 18.4 Å². The van der Waals surface area contributed by atoms with E-state index in [1.54, 1.807) is 0 Å². The third-order valence-corrected chi connectivity index (χ3v) is 4.41. The van der Waals surface area contributed by atoms with Crippen molar-refractivity contribution in [2.24, 2.45) is 18.7 Å². The van der Waals surface area contributed by atoms with Crippen LogP contribution in [0.2, 0.25) is 0 Å². The highest BCUT2D eigenvalue weighted by Gasteiger charge is 2.36. The second kappa shape index (κ2) is 6.06. The fourth-order valence-electron chi connectivity index (χ4n) is 3.38. The molecule has 1 aromatic rings. The number of hydrogen-bond acceptors (Lipinski definition) is 3. The van der Waals surface area contributed by atoms with Gasteiger partial charge in [0, 0.05) is 30.9 Å². The number of likely N-dealkylation sites (tertiary alicyclic amines) is 1. The first kappa shape index (κ1) is 14.5. The highest BCUT2D eigenvalue weighted by Crippen LogP contribution is 2.34. The van der Waals surface area contributed by atoms with Crippen LogP contribution in [0.1, 0.15) is 51.6 Å². The van der Waals surface area contributed by atoms with E-state index in [2.05, 4.69) is 37.0 Å². The highest BCUT2D eigenvalue weighted by molar-refractivity contribution is 5.14. The molecule has 1 aliphatic rings. The molecule has 1 aromatic heterocycles. The van der Waals surface area contributed by atoms with E-state index < -0.39 is 0 Å². The van der Waals surface area contributed by atoms with Crippen LogP contribution in [0, 0.1) is 5.92 Å². The topological polar surface area (TPSA) is 47.1 Å². The number of aromatic nitrogens is 2. The van der Waals surface area contributed by atoms with Crippen molar-refractivity contribution < 1.29 is 0 Å². The summed E-state index contributed by atoms with van der Waals surface area (Å²) in [7, 11) is 1.97. The van der Waals surface area contributed by atoms with Gasteiger partial charge >= 0.3 is 0 Å². The van der Waals surface area contributed by atoms with E-state index in [-0.39, 0.29) is 6.04 Å². The summed E-state index contributed by atoms with van der Waals surface area (Å²) in [6.07, 6.45) is 7.69. The molecule has 2 N–H and O–H groups in total. The molecule has 0 saturated carbocycles. The van der Waals surface area contributed by atoms with Gasteiger partial charge in [-0.3, -0.25) is 9.58 Å². The molecule has 108 valence electrons. The molecule has 1 fully saturated rings. The molecule has 3 atom stereocenters. The van der Waals surface area contributed by atoms with E-state index in [0.29, 0.717) is 18.0 Å². The molecule has 19 heavy (non-hydrogen) atoms. The van der Waals surface area contributed by atoms with Crippen molar-refractivity contribution in [3.63, 3.8) is 0 Å². The van der Waals surface area contributed by atoms with E-state index in [4.69, 9.17) is 5.73 Å². The summed E-state index contributed by atoms with van der Waals surface area (Å²) in [5, 5.41) is 4.33. The first-order valence-electron chi connectivity index (χ1n) is 7.54. The highest BCUT2D eigenvalue weighted by atomic mass is 15.3. The summed E-state index contributed by atoms with van der Waals surface area (Å²) < 4.78 is 1.88. The predicted octanol–water partition coefficient (Wildman–Crippen LogP) is 2.32. The standard InChI is InChI=1S/C15H28N4/c1-5-13(16)15(12-9-17-18(4)10-12)19-8-6-7-14(19)11(2)3/h9-11,13-15H,5-8,16H2,1-4H3. The van der Waals surface area contributed by atoms with E-state index in [1.807, 2.05) is 17.9 Å². The zero-order chi connectivity index (χ0) is 14.0. The third kappa shape index (κ3) is 3.00. The van der Waals surface area contributed by atoms with Crippen LogP contribution in [-0.4, -0.2) is 33.3 Å². The van der Waals surface area contributed by atoms with Crippen LogP contribution in [0.15, 0.2) is 12.4 Å². The zero-order valence-electron chi connectivity index (χ0n) is 12.7. The van der Waals surface area contributed by atoms with Gasteiger partial charge in [0.25, 0.3) is 0 Å². The number of hydrogen-bond donors (Lipinski definition) is 1. The molecule has 0 aliphatic carbocycles. The molecule has 0 aromatic carbocycles. The van der Waals surface area contributed by atoms with Crippen LogP contribution >= 0.6 is 0 Å². The van der Waals surface area contributed by atoms with Gasteiger partial charge in [0.05, 0.1) is 12.2 Å². The normalized spacial score (nSPS) is 24.0.